The summed E-state index contributed by atoms with van der Waals surface area (Å²) in [5.41, 5.74) is 4.15. The van der Waals surface area contributed by atoms with Crippen molar-refractivity contribution in [2.45, 2.75) is 37.8 Å². The second kappa shape index (κ2) is 6.93. The molecule has 2 atom stereocenters. The average molecular weight is 356 g/mol. The number of carbonyl (C=O) groups is 1. The SMILES string of the molecule is CO[C@H]1CCCC[C@H]1NC1=N/C(=C\c2ccc3ncsc3c2)C(=O)N1. The van der Waals surface area contributed by atoms with Crippen molar-refractivity contribution in [1.82, 2.24) is 15.6 Å². The molecule has 1 aliphatic heterocycles. The maximum Gasteiger partial charge on any atom is 0.276 e. The highest BCUT2D eigenvalue weighted by Crippen LogP contribution is 2.23. The average Bonchev–Trinajstić information content (AvgIpc) is 3.22. The maximum atomic E-state index is 12.2. The number of nitrogens with one attached hydrogen (secondary N) is 2. The molecule has 0 bridgehead atoms. The van der Waals surface area contributed by atoms with Gasteiger partial charge in [0.15, 0.2) is 0 Å². The van der Waals surface area contributed by atoms with Crippen molar-refractivity contribution in [3.8, 4) is 0 Å². The van der Waals surface area contributed by atoms with E-state index < -0.39 is 0 Å². The summed E-state index contributed by atoms with van der Waals surface area (Å²) < 4.78 is 6.64. The van der Waals surface area contributed by atoms with E-state index in [9.17, 15) is 4.79 Å². The van der Waals surface area contributed by atoms with Crippen LogP contribution in [0, 0.1) is 0 Å². The molecule has 6 nitrogen and oxygen atoms in total. The molecule has 2 aliphatic rings. The summed E-state index contributed by atoms with van der Waals surface area (Å²) in [6.07, 6.45) is 6.37. The van der Waals surface area contributed by atoms with E-state index in [0.717, 1.165) is 35.0 Å². The highest BCUT2D eigenvalue weighted by atomic mass is 32.1. The molecule has 7 heteroatoms. The second-order valence-electron chi connectivity index (χ2n) is 6.33. The van der Waals surface area contributed by atoms with E-state index in [0.29, 0.717) is 11.7 Å². The minimum absolute atomic E-state index is 0.162. The summed E-state index contributed by atoms with van der Waals surface area (Å²) in [7, 11) is 1.74. The van der Waals surface area contributed by atoms with Gasteiger partial charge in [0.05, 0.1) is 27.9 Å². The topological polar surface area (TPSA) is 75.6 Å². The normalized spacial score (nSPS) is 25.2. The van der Waals surface area contributed by atoms with Gasteiger partial charge in [0.1, 0.15) is 5.70 Å². The fourth-order valence-electron chi connectivity index (χ4n) is 3.38. The summed E-state index contributed by atoms with van der Waals surface area (Å²) in [5, 5.41) is 6.15. The Morgan fingerprint density at radius 1 is 1.36 bits per heavy atom. The Kier molecular flexibility index (Phi) is 4.50. The highest BCUT2D eigenvalue weighted by molar-refractivity contribution is 7.16. The maximum absolute atomic E-state index is 12.2. The molecule has 0 saturated heterocycles. The summed E-state index contributed by atoms with van der Waals surface area (Å²) in [6, 6.07) is 6.12. The first kappa shape index (κ1) is 16.2. The van der Waals surface area contributed by atoms with Gasteiger partial charge in [0.25, 0.3) is 5.91 Å². The zero-order valence-corrected chi connectivity index (χ0v) is 14.8. The van der Waals surface area contributed by atoms with Crippen molar-refractivity contribution >= 4 is 39.5 Å². The molecule has 1 fully saturated rings. The molecular weight excluding hydrogens is 336 g/mol. The largest absolute Gasteiger partial charge is 0.379 e. The van der Waals surface area contributed by atoms with Gasteiger partial charge in [0.2, 0.25) is 5.96 Å². The van der Waals surface area contributed by atoms with Gasteiger partial charge in [-0.15, -0.1) is 11.3 Å². The zero-order chi connectivity index (χ0) is 17.2. The molecule has 130 valence electrons. The highest BCUT2D eigenvalue weighted by Gasteiger charge is 2.28. The van der Waals surface area contributed by atoms with E-state index in [4.69, 9.17) is 4.74 Å². The van der Waals surface area contributed by atoms with E-state index in [1.807, 2.05) is 23.7 Å². The second-order valence-corrected chi connectivity index (χ2v) is 7.22. The number of thiazole rings is 1. The lowest BCUT2D eigenvalue weighted by Gasteiger charge is -2.31. The molecule has 2 aromatic rings. The van der Waals surface area contributed by atoms with Gasteiger partial charge >= 0.3 is 0 Å². The fourth-order valence-corrected chi connectivity index (χ4v) is 4.10. The molecule has 0 radical (unpaired) electrons. The summed E-state index contributed by atoms with van der Waals surface area (Å²) >= 11 is 1.58. The number of hydrogen-bond donors (Lipinski definition) is 2. The third-order valence-corrected chi connectivity index (χ3v) is 5.47. The first-order chi connectivity index (χ1) is 12.2. The van der Waals surface area contributed by atoms with Crippen LogP contribution in [-0.2, 0) is 9.53 Å². The number of nitrogens with zero attached hydrogens (tertiary/aromatic N) is 2. The fraction of sp³-hybridized carbons (Fsp3) is 0.389. The van der Waals surface area contributed by atoms with Gasteiger partial charge < -0.3 is 10.1 Å². The van der Waals surface area contributed by atoms with Crippen molar-refractivity contribution in [2.75, 3.05) is 7.11 Å². The number of amides is 1. The number of ether oxygens (including phenoxy) is 1. The molecule has 2 N–H and O–H groups in total. The Hall–Kier alpha value is -2.25. The molecule has 0 spiro atoms. The van der Waals surface area contributed by atoms with Crippen LogP contribution in [0.5, 0.6) is 0 Å². The molecule has 4 rings (SSSR count). The van der Waals surface area contributed by atoms with Crippen LogP contribution in [0.1, 0.15) is 31.2 Å². The number of benzene rings is 1. The first-order valence-electron chi connectivity index (χ1n) is 8.47. The number of methoxy groups -OCH3 is 1. The van der Waals surface area contributed by atoms with Crippen LogP contribution in [0.4, 0.5) is 0 Å². The molecule has 1 aromatic heterocycles. The van der Waals surface area contributed by atoms with E-state index in [1.165, 1.54) is 6.42 Å². The van der Waals surface area contributed by atoms with Crippen molar-refractivity contribution in [1.29, 1.82) is 0 Å². The van der Waals surface area contributed by atoms with E-state index >= 15 is 0 Å². The Morgan fingerprint density at radius 3 is 3.12 bits per heavy atom. The molecule has 2 heterocycles. The van der Waals surface area contributed by atoms with Crippen molar-refractivity contribution in [2.24, 2.45) is 4.99 Å². The molecular formula is C18H20N4O2S. The van der Waals surface area contributed by atoms with Gasteiger partial charge in [-0.05, 0) is 36.6 Å². The monoisotopic (exact) mass is 356 g/mol. The Morgan fingerprint density at radius 2 is 2.24 bits per heavy atom. The molecule has 1 saturated carbocycles. The van der Waals surface area contributed by atoms with E-state index in [-0.39, 0.29) is 18.1 Å². The van der Waals surface area contributed by atoms with Crippen LogP contribution < -0.4 is 10.6 Å². The first-order valence-corrected chi connectivity index (χ1v) is 9.35. The van der Waals surface area contributed by atoms with E-state index in [2.05, 4.69) is 20.6 Å². The van der Waals surface area contributed by atoms with Crippen LogP contribution in [0.15, 0.2) is 34.4 Å². The van der Waals surface area contributed by atoms with Crippen LogP contribution in [0.3, 0.4) is 0 Å². The number of hydrogen-bond acceptors (Lipinski definition) is 6. The van der Waals surface area contributed by atoms with Crippen LogP contribution in [0.2, 0.25) is 0 Å². The molecule has 1 amide bonds. The summed E-state index contributed by atoms with van der Waals surface area (Å²) in [6.45, 7) is 0. The van der Waals surface area contributed by atoms with Gasteiger partial charge in [-0.25, -0.2) is 9.98 Å². The van der Waals surface area contributed by atoms with Crippen LogP contribution in [0.25, 0.3) is 16.3 Å². The standard InChI is InChI=1S/C18H20N4O2S/c1-24-15-5-3-2-4-12(15)20-18-21-14(17(23)22-18)8-11-6-7-13-16(9-11)25-10-19-13/h6-10,12,15H,2-5H2,1H3,(H2,20,21,22,23)/b14-8-/t12-,15+/m1/s1. The minimum Gasteiger partial charge on any atom is -0.379 e. The van der Waals surface area contributed by atoms with Gasteiger partial charge in [-0.3, -0.25) is 10.1 Å². The molecule has 25 heavy (non-hydrogen) atoms. The Labute approximate surface area is 150 Å². The smallest absolute Gasteiger partial charge is 0.276 e. The minimum atomic E-state index is -0.184. The number of aromatic nitrogens is 1. The van der Waals surface area contributed by atoms with Crippen LogP contribution >= 0.6 is 11.3 Å². The molecule has 1 aromatic carbocycles. The number of rotatable bonds is 3. The summed E-state index contributed by atoms with van der Waals surface area (Å²) in [4.78, 5) is 20.9. The van der Waals surface area contributed by atoms with Gasteiger partial charge in [0, 0.05) is 7.11 Å². The third-order valence-electron chi connectivity index (χ3n) is 4.68. The third kappa shape index (κ3) is 3.43. The lowest BCUT2D eigenvalue weighted by molar-refractivity contribution is -0.115. The van der Waals surface area contributed by atoms with Gasteiger partial charge in [-0.2, -0.15) is 0 Å². The number of carbonyl (C=O) groups excluding carboxylic acids is 1. The lowest BCUT2D eigenvalue weighted by Crippen LogP contribution is -2.49. The zero-order valence-electron chi connectivity index (χ0n) is 14.0. The van der Waals surface area contributed by atoms with Crippen molar-refractivity contribution in [3.63, 3.8) is 0 Å². The quantitative estimate of drug-likeness (QED) is 0.829. The Bertz CT molecular complexity index is 858. The van der Waals surface area contributed by atoms with E-state index in [1.54, 1.807) is 24.5 Å². The summed E-state index contributed by atoms with van der Waals surface area (Å²) in [5.74, 6) is 0.334. The molecule has 0 unspecified atom stereocenters. The number of fused-ring (bicyclic) bond motifs is 1. The lowest BCUT2D eigenvalue weighted by atomic mass is 9.92. The van der Waals surface area contributed by atoms with Crippen molar-refractivity contribution in [3.05, 3.63) is 35.0 Å². The number of aliphatic imine (C=N–C) groups is 1. The number of guanidine groups is 1. The molecule has 1 aliphatic carbocycles. The predicted molar refractivity (Wildman–Crippen MR) is 99.4 cm³/mol. The van der Waals surface area contributed by atoms with Crippen LogP contribution in [-0.4, -0.2) is 36.1 Å². The predicted octanol–water partition coefficient (Wildman–Crippen LogP) is 2.67. The Balaban J connectivity index is 1.53. The van der Waals surface area contributed by atoms with Gasteiger partial charge in [-0.1, -0.05) is 18.9 Å². The van der Waals surface area contributed by atoms with Crippen molar-refractivity contribution < 1.29 is 9.53 Å².